The van der Waals surface area contributed by atoms with Crippen LogP contribution >= 0.6 is 0 Å². The van der Waals surface area contributed by atoms with Crippen molar-refractivity contribution in [2.24, 2.45) is 0 Å². The first-order chi connectivity index (χ1) is 11.6. The molecule has 25 heavy (non-hydrogen) atoms. The highest BCUT2D eigenvalue weighted by Crippen LogP contribution is 2.32. The first-order valence-corrected chi connectivity index (χ1v) is 8.34. The monoisotopic (exact) mass is 350 g/mol. The van der Waals surface area contributed by atoms with Gasteiger partial charge in [0.1, 0.15) is 5.69 Å². The highest BCUT2D eigenvalue weighted by Gasteiger charge is 2.31. The number of β-amino-alcohol motifs (C(OH)–C–C–N with tert-alkyl or cyclic N) is 1. The van der Waals surface area contributed by atoms with E-state index in [9.17, 15) is 20.0 Å². The Labute approximate surface area is 147 Å². The number of anilines is 1. The zero-order chi connectivity index (χ0) is 18.8. The van der Waals surface area contributed by atoms with Crippen LogP contribution in [-0.4, -0.2) is 65.7 Å². The molecule has 8 heteroatoms. The van der Waals surface area contributed by atoms with Crippen LogP contribution in [0.4, 0.5) is 11.4 Å². The summed E-state index contributed by atoms with van der Waals surface area (Å²) in [7, 11) is 1.49. The van der Waals surface area contributed by atoms with Crippen LogP contribution in [0.15, 0.2) is 18.2 Å². The summed E-state index contributed by atoms with van der Waals surface area (Å²) in [5, 5.41) is 23.9. The number of hydrogen-bond acceptors (Lipinski definition) is 6. The lowest BCUT2D eigenvalue weighted by Gasteiger charge is -2.42. The van der Waals surface area contributed by atoms with Gasteiger partial charge < -0.3 is 15.3 Å². The highest BCUT2D eigenvalue weighted by atomic mass is 16.6. The third-order valence-corrected chi connectivity index (χ3v) is 4.29. The average molecular weight is 350 g/mol. The molecule has 0 aliphatic carbocycles. The van der Waals surface area contributed by atoms with Crippen molar-refractivity contribution in [1.29, 1.82) is 0 Å². The van der Waals surface area contributed by atoms with E-state index in [1.165, 1.54) is 13.1 Å². The van der Waals surface area contributed by atoms with Gasteiger partial charge in [0.15, 0.2) is 0 Å². The van der Waals surface area contributed by atoms with Gasteiger partial charge in [0.2, 0.25) is 0 Å². The summed E-state index contributed by atoms with van der Waals surface area (Å²) >= 11 is 0. The van der Waals surface area contributed by atoms with Gasteiger partial charge in [-0.15, -0.1) is 0 Å². The van der Waals surface area contributed by atoms with Crippen molar-refractivity contribution < 1.29 is 14.8 Å². The number of nitro groups is 1. The molecule has 2 rings (SSSR count). The van der Waals surface area contributed by atoms with Gasteiger partial charge in [0.05, 0.1) is 10.5 Å². The van der Waals surface area contributed by atoms with E-state index in [2.05, 4.69) is 10.2 Å². The van der Waals surface area contributed by atoms with Crippen LogP contribution in [0.5, 0.6) is 0 Å². The van der Waals surface area contributed by atoms with Crippen LogP contribution in [0.3, 0.4) is 0 Å². The summed E-state index contributed by atoms with van der Waals surface area (Å²) in [5.41, 5.74) is -0.0496. The first-order valence-electron chi connectivity index (χ1n) is 8.34. The molecular weight excluding hydrogens is 324 g/mol. The summed E-state index contributed by atoms with van der Waals surface area (Å²) in [6, 6.07) is 4.63. The number of hydrogen-bond donors (Lipinski definition) is 2. The van der Waals surface area contributed by atoms with Crippen LogP contribution < -0.4 is 10.2 Å². The Morgan fingerprint density at radius 2 is 2.12 bits per heavy atom. The van der Waals surface area contributed by atoms with Crippen molar-refractivity contribution in [1.82, 2.24) is 10.2 Å². The summed E-state index contributed by atoms with van der Waals surface area (Å²) in [6.45, 7) is 8.15. The van der Waals surface area contributed by atoms with E-state index in [1.807, 2.05) is 11.8 Å². The molecule has 8 nitrogen and oxygen atoms in total. The zero-order valence-corrected chi connectivity index (χ0v) is 15.2. The van der Waals surface area contributed by atoms with Gasteiger partial charge in [-0.25, -0.2) is 0 Å². The molecule has 1 heterocycles. The van der Waals surface area contributed by atoms with Gasteiger partial charge >= 0.3 is 0 Å². The number of aliphatic hydroxyl groups is 1. The minimum atomic E-state index is -0.775. The van der Waals surface area contributed by atoms with Gasteiger partial charge in [-0.05, 0) is 32.9 Å². The van der Waals surface area contributed by atoms with E-state index in [0.29, 0.717) is 31.9 Å². The Morgan fingerprint density at radius 1 is 1.44 bits per heavy atom. The minimum absolute atomic E-state index is 0.0562. The fourth-order valence-electron chi connectivity index (χ4n) is 3.28. The molecule has 1 aliphatic rings. The second kappa shape index (κ2) is 7.37. The number of nitro benzene ring substituents is 1. The van der Waals surface area contributed by atoms with Crippen molar-refractivity contribution in [3.63, 3.8) is 0 Å². The molecule has 0 radical (unpaired) electrons. The Hall–Kier alpha value is -2.19. The number of nitrogens with one attached hydrogen (secondary N) is 1. The highest BCUT2D eigenvalue weighted by molar-refractivity contribution is 5.95. The van der Waals surface area contributed by atoms with Gasteiger partial charge in [-0.2, -0.15) is 0 Å². The first kappa shape index (κ1) is 19.1. The van der Waals surface area contributed by atoms with Crippen LogP contribution in [0.1, 0.15) is 31.1 Å². The van der Waals surface area contributed by atoms with Crippen LogP contribution in [-0.2, 0) is 0 Å². The maximum atomic E-state index is 11.7. The SMILES string of the molecule is CNC(=O)c1ccc(N2CCN(CC(C)(C)O)CC2C)c([N+](=O)[O-])c1. The molecule has 1 amide bonds. The molecule has 1 fully saturated rings. The average Bonchev–Trinajstić information content (AvgIpc) is 2.52. The lowest BCUT2D eigenvalue weighted by atomic mass is 10.1. The molecule has 1 unspecified atom stereocenters. The molecule has 0 spiro atoms. The van der Waals surface area contributed by atoms with Gasteiger partial charge in [0, 0.05) is 50.9 Å². The smallest absolute Gasteiger partial charge is 0.293 e. The van der Waals surface area contributed by atoms with E-state index >= 15 is 0 Å². The summed E-state index contributed by atoms with van der Waals surface area (Å²) in [4.78, 5) is 26.9. The topological polar surface area (TPSA) is 99.0 Å². The zero-order valence-electron chi connectivity index (χ0n) is 15.2. The maximum Gasteiger partial charge on any atom is 0.293 e. The maximum absolute atomic E-state index is 11.7. The van der Waals surface area contributed by atoms with E-state index in [1.54, 1.807) is 26.0 Å². The van der Waals surface area contributed by atoms with Crippen LogP contribution in [0.25, 0.3) is 0 Å². The molecule has 1 atom stereocenters. The summed E-state index contributed by atoms with van der Waals surface area (Å²) in [5.74, 6) is -0.349. The molecule has 138 valence electrons. The number of nitrogens with zero attached hydrogens (tertiary/aromatic N) is 3. The number of carbonyl (C=O) groups is 1. The molecule has 1 aromatic carbocycles. The van der Waals surface area contributed by atoms with Crippen LogP contribution in [0, 0.1) is 10.1 Å². The second-order valence-electron chi connectivity index (χ2n) is 7.13. The fraction of sp³-hybridized carbons (Fsp3) is 0.588. The number of piperazine rings is 1. The van der Waals surface area contributed by atoms with Crippen LogP contribution in [0.2, 0.25) is 0 Å². The van der Waals surface area contributed by atoms with E-state index in [0.717, 1.165) is 0 Å². The molecular formula is C17H26N4O4. The number of carbonyl (C=O) groups excluding carboxylic acids is 1. The Kier molecular flexibility index (Phi) is 5.64. The predicted molar refractivity (Wildman–Crippen MR) is 96.0 cm³/mol. The summed E-state index contributed by atoms with van der Waals surface area (Å²) in [6.07, 6.45) is 0. The number of benzene rings is 1. The largest absolute Gasteiger partial charge is 0.389 e. The van der Waals surface area contributed by atoms with Gasteiger partial charge in [0.25, 0.3) is 11.6 Å². The molecule has 0 aromatic heterocycles. The normalized spacial score (nSPS) is 18.9. The second-order valence-corrected chi connectivity index (χ2v) is 7.13. The molecule has 1 saturated heterocycles. The Balaban J connectivity index is 2.24. The lowest BCUT2D eigenvalue weighted by molar-refractivity contribution is -0.384. The lowest BCUT2D eigenvalue weighted by Crippen LogP contribution is -2.55. The predicted octanol–water partition coefficient (Wildman–Crippen LogP) is 1.24. The Bertz CT molecular complexity index is 657. The molecule has 0 bridgehead atoms. The number of amides is 1. The molecule has 1 aliphatic heterocycles. The standard InChI is InChI=1S/C17H26N4O4/c1-12-10-19(11-17(2,3)23)7-8-20(12)14-6-5-13(16(22)18-4)9-15(14)21(24)25/h5-6,9,12,23H,7-8,10-11H2,1-4H3,(H,18,22). The molecule has 2 N–H and O–H groups in total. The molecule has 0 saturated carbocycles. The van der Waals surface area contributed by atoms with Crippen molar-refractivity contribution in [2.45, 2.75) is 32.4 Å². The summed E-state index contributed by atoms with van der Waals surface area (Å²) < 4.78 is 0. The van der Waals surface area contributed by atoms with Crippen molar-refractivity contribution in [3.05, 3.63) is 33.9 Å². The van der Waals surface area contributed by atoms with E-state index < -0.39 is 10.5 Å². The third kappa shape index (κ3) is 4.67. The van der Waals surface area contributed by atoms with E-state index in [4.69, 9.17) is 0 Å². The van der Waals surface area contributed by atoms with Crippen molar-refractivity contribution in [2.75, 3.05) is 38.1 Å². The fourth-order valence-corrected chi connectivity index (χ4v) is 3.28. The Morgan fingerprint density at radius 3 is 2.64 bits per heavy atom. The third-order valence-electron chi connectivity index (χ3n) is 4.29. The van der Waals surface area contributed by atoms with Crippen molar-refractivity contribution in [3.8, 4) is 0 Å². The van der Waals surface area contributed by atoms with E-state index in [-0.39, 0.29) is 23.2 Å². The van der Waals surface area contributed by atoms with Gasteiger partial charge in [-0.3, -0.25) is 19.8 Å². The quantitative estimate of drug-likeness (QED) is 0.612. The van der Waals surface area contributed by atoms with Crippen molar-refractivity contribution >= 4 is 17.3 Å². The van der Waals surface area contributed by atoms with Gasteiger partial charge in [-0.1, -0.05) is 0 Å². The minimum Gasteiger partial charge on any atom is -0.389 e. The number of rotatable bonds is 5. The molecule has 1 aromatic rings.